The highest BCUT2D eigenvalue weighted by Gasteiger charge is 2.32. The minimum Gasteiger partial charge on any atom is -0.481 e. The van der Waals surface area contributed by atoms with E-state index in [0.717, 1.165) is 28.6 Å². The average Bonchev–Trinajstić information content (AvgIpc) is 2.77. The molecule has 110 valence electrons. The summed E-state index contributed by atoms with van der Waals surface area (Å²) in [5, 5.41) is 19.0. The Morgan fingerprint density at radius 1 is 1.38 bits per heavy atom. The van der Waals surface area contributed by atoms with Crippen LogP contribution >= 0.6 is 11.8 Å². The highest BCUT2D eigenvalue weighted by molar-refractivity contribution is 8.15. The lowest BCUT2D eigenvalue weighted by Gasteiger charge is -1.99. The zero-order chi connectivity index (χ0) is 15.4. The number of nitrogens with one attached hydrogen (secondary N) is 1. The molecule has 1 aliphatic rings. The van der Waals surface area contributed by atoms with Crippen molar-refractivity contribution < 1.29 is 14.7 Å². The second-order valence-electron chi connectivity index (χ2n) is 4.65. The maximum absolute atomic E-state index is 11.5. The number of hydrogen-bond donors (Lipinski definition) is 2. The van der Waals surface area contributed by atoms with Crippen LogP contribution in [0.25, 0.3) is 0 Å². The summed E-state index contributed by atoms with van der Waals surface area (Å²) >= 11 is 1.09. The van der Waals surface area contributed by atoms with Gasteiger partial charge < -0.3 is 10.4 Å². The molecule has 1 atom stereocenters. The fourth-order valence-corrected chi connectivity index (χ4v) is 2.63. The van der Waals surface area contributed by atoms with Crippen molar-refractivity contribution in [2.75, 3.05) is 0 Å². The molecule has 0 spiro atoms. The van der Waals surface area contributed by atoms with E-state index in [4.69, 9.17) is 5.11 Å². The molecule has 1 aliphatic heterocycles. The first-order valence-corrected chi connectivity index (χ1v) is 7.22. The van der Waals surface area contributed by atoms with Crippen molar-refractivity contribution in [1.29, 1.82) is 0 Å². The minimum absolute atomic E-state index is 0.226. The lowest BCUT2D eigenvalue weighted by Crippen LogP contribution is -2.26. The first-order valence-electron chi connectivity index (χ1n) is 6.34. The third-order valence-electron chi connectivity index (χ3n) is 2.90. The Hall–Kier alpha value is -2.15. The number of aliphatic carboxylic acids is 1. The summed E-state index contributed by atoms with van der Waals surface area (Å²) < 4.78 is 0. The predicted molar refractivity (Wildman–Crippen MR) is 82.6 cm³/mol. The molecule has 1 amide bonds. The lowest BCUT2D eigenvalue weighted by atomic mass is 10.1. The number of aryl methyl sites for hydroxylation is 1. The van der Waals surface area contributed by atoms with Crippen LogP contribution in [0.3, 0.4) is 0 Å². The molecule has 2 rings (SSSR count). The van der Waals surface area contributed by atoms with Crippen LogP contribution in [-0.4, -0.2) is 33.1 Å². The van der Waals surface area contributed by atoms with Gasteiger partial charge in [-0.2, -0.15) is 5.10 Å². The second kappa shape index (κ2) is 6.53. The topological polar surface area (TPSA) is 91.1 Å². The molecule has 21 heavy (non-hydrogen) atoms. The molecule has 0 aromatic heterocycles. The monoisotopic (exact) mass is 305 g/mol. The Bertz CT molecular complexity index is 623. The van der Waals surface area contributed by atoms with Crippen LogP contribution < -0.4 is 5.32 Å². The van der Waals surface area contributed by atoms with Gasteiger partial charge in [0.25, 0.3) is 0 Å². The number of carboxylic acid groups (broad SMARTS) is 1. The van der Waals surface area contributed by atoms with Crippen molar-refractivity contribution in [2.24, 2.45) is 10.2 Å². The maximum atomic E-state index is 11.5. The molecular formula is C14H15N3O3S. The summed E-state index contributed by atoms with van der Waals surface area (Å²) in [6.45, 7) is 3.83. The van der Waals surface area contributed by atoms with Gasteiger partial charge >= 0.3 is 5.97 Å². The number of hydrogen-bond acceptors (Lipinski definition) is 5. The number of nitrogens with zero attached hydrogens (tertiary/aromatic N) is 2. The first-order chi connectivity index (χ1) is 9.95. The van der Waals surface area contributed by atoms with Gasteiger partial charge in [-0.25, -0.2) is 0 Å². The Morgan fingerprint density at radius 3 is 2.67 bits per heavy atom. The summed E-state index contributed by atoms with van der Waals surface area (Å²) in [6.07, 6.45) is -0.226. The Kier molecular flexibility index (Phi) is 4.74. The molecular weight excluding hydrogens is 290 g/mol. The number of carbonyl (C=O) groups is 2. The van der Waals surface area contributed by atoms with E-state index >= 15 is 0 Å². The molecule has 2 N–H and O–H groups in total. The normalized spacial score (nSPS) is 20.7. The molecule has 1 saturated heterocycles. The van der Waals surface area contributed by atoms with Crippen LogP contribution in [-0.2, 0) is 9.59 Å². The highest BCUT2D eigenvalue weighted by Crippen LogP contribution is 2.22. The van der Waals surface area contributed by atoms with Crippen molar-refractivity contribution in [3.05, 3.63) is 35.4 Å². The maximum Gasteiger partial charge on any atom is 0.305 e. The van der Waals surface area contributed by atoms with E-state index < -0.39 is 11.2 Å². The van der Waals surface area contributed by atoms with Gasteiger partial charge in [-0.15, -0.1) is 5.10 Å². The van der Waals surface area contributed by atoms with Gasteiger partial charge in [0, 0.05) is 0 Å². The standard InChI is InChI=1S/C14H15N3O3S/c1-8-3-5-10(6-4-8)9(2)16-17-14-15-13(20)11(21-14)7-12(18)19/h3-6,11H,7H2,1-2H3,(H,18,19)(H,15,17,20). The smallest absolute Gasteiger partial charge is 0.305 e. The minimum atomic E-state index is -1.01. The van der Waals surface area contributed by atoms with Gasteiger partial charge in [-0.1, -0.05) is 41.6 Å². The molecule has 0 radical (unpaired) electrons. The van der Waals surface area contributed by atoms with Crippen LogP contribution in [0, 0.1) is 6.92 Å². The number of amides is 1. The molecule has 1 aromatic carbocycles. The molecule has 1 heterocycles. The predicted octanol–water partition coefficient (Wildman–Crippen LogP) is 1.78. The van der Waals surface area contributed by atoms with Crippen molar-refractivity contribution in [3.63, 3.8) is 0 Å². The number of rotatable bonds is 4. The number of thioether (sulfide) groups is 1. The molecule has 0 saturated carbocycles. The Labute approximate surface area is 126 Å². The van der Waals surface area contributed by atoms with Gasteiger partial charge in [0.05, 0.1) is 12.1 Å². The van der Waals surface area contributed by atoms with E-state index in [-0.39, 0.29) is 12.3 Å². The summed E-state index contributed by atoms with van der Waals surface area (Å²) in [5.74, 6) is -1.35. The molecule has 0 aliphatic carbocycles. The van der Waals surface area contributed by atoms with E-state index in [0.29, 0.717) is 5.17 Å². The third-order valence-corrected chi connectivity index (χ3v) is 3.97. The third kappa shape index (κ3) is 4.16. The quantitative estimate of drug-likeness (QED) is 0.655. The Balaban J connectivity index is 2.07. The lowest BCUT2D eigenvalue weighted by molar-refractivity contribution is -0.138. The van der Waals surface area contributed by atoms with Crippen LogP contribution in [0.15, 0.2) is 34.5 Å². The van der Waals surface area contributed by atoms with Crippen molar-refractivity contribution in [1.82, 2.24) is 5.32 Å². The van der Waals surface area contributed by atoms with Crippen LogP contribution in [0.4, 0.5) is 0 Å². The molecule has 1 aromatic rings. The highest BCUT2D eigenvalue weighted by atomic mass is 32.2. The SMILES string of the molecule is CC(=NN=C1NC(=O)C(CC(=O)O)S1)c1ccc(C)cc1. The number of amidine groups is 1. The molecule has 7 heteroatoms. The second-order valence-corrected chi connectivity index (χ2v) is 5.84. The van der Waals surface area contributed by atoms with Crippen molar-refractivity contribution >= 4 is 34.5 Å². The molecule has 1 unspecified atom stereocenters. The van der Waals surface area contributed by atoms with E-state index in [1.165, 1.54) is 0 Å². The largest absolute Gasteiger partial charge is 0.481 e. The van der Waals surface area contributed by atoms with Crippen LogP contribution in [0.2, 0.25) is 0 Å². The van der Waals surface area contributed by atoms with Crippen molar-refractivity contribution in [2.45, 2.75) is 25.5 Å². The number of benzene rings is 1. The molecule has 1 fully saturated rings. The van der Waals surface area contributed by atoms with Crippen LogP contribution in [0.5, 0.6) is 0 Å². The molecule has 6 nitrogen and oxygen atoms in total. The van der Waals surface area contributed by atoms with Gasteiger partial charge in [-0.3, -0.25) is 9.59 Å². The van der Waals surface area contributed by atoms with E-state index in [1.807, 2.05) is 38.1 Å². The fraction of sp³-hybridized carbons (Fsp3) is 0.286. The fourth-order valence-electron chi connectivity index (χ4n) is 1.72. The summed E-state index contributed by atoms with van der Waals surface area (Å²) in [7, 11) is 0. The van der Waals surface area contributed by atoms with E-state index in [9.17, 15) is 9.59 Å². The molecule has 0 bridgehead atoms. The van der Waals surface area contributed by atoms with Crippen molar-refractivity contribution in [3.8, 4) is 0 Å². The number of carboxylic acids is 1. The van der Waals surface area contributed by atoms with Gasteiger partial charge in [-0.05, 0) is 19.4 Å². The summed E-state index contributed by atoms with van der Waals surface area (Å²) in [4.78, 5) is 22.2. The van der Waals surface area contributed by atoms with E-state index in [2.05, 4.69) is 15.5 Å². The Morgan fingerprint density at radius 2 is 2.05 bits per heavy atom. The first kappa shape index (κ1) is 15.2. The van der Waals surface area contributed by atoms with Gasteiger partial charge in [0.15, 0.2) is 5.17 Å². The summed E-state index contributed by atoms with van der Waals surface area (Å²) in [5.41, 5.74) is 2.83. The van der Waals surface area contributed by atoms with Gasteiger partial charge in [0.1, 0.15) is 5.25 Å². The van der Waals surface area contributed by atoms with Crippen LogP contribution in [0.1, 0.15) is 24.5 Å². The van der Waals surface area contributed by atoms with E-state index in [1.54, 1.807) is 0 Å². The number of carbonyl (C=O) groups excluding carboxylic acids is 1. The zero-order valence-electron chi connectivity index (χ0n) is 11.7. The zero-order valence-corrected chi connectivity index (χ0v) is 12.5. The summed E-state index contributed by atoms with van der Waals surface area (Å²) in [6, 6.07) is 7.86. The average molecular weight is 305 g/mol. The van der Waals surface area contributed by atoms with Gasteiger partial charge in [0.2, 0.25) is 5.91 Å².